The summed E-state index contributed by atoms with van der Waals surface area (Å²) in [7, 11) is 0. The average molecular weight is 388 g/mol. The van der Waals surface area contributed by atoms with Crippen LogP contribution >= 0.6 is 0 Å². The van der Waals surface area contributed by atoms with Crippen LogP contribution < -0.4 is 4.90 Å². The summed E-state index contributed by atoms with van der Waals surface area (Å²) in [6, 6.07) is 14.6. The summed E-state index contributed by atoms with van der Waals surface area (Å²) in [5.74, 6) is 3.54. The maximum atomic E-state index is 13.0. The molecule has 3 amide bonds. The lowest BCUT2D eigenvalue weighted by molar-refractivity contribution is -0.197. The molecular weight excluding hydrogens is 372 g/mol. The SMILES string of the molecule is O=C(CC(=O)N1Cc2ccccc2C#Cc2ccccc21)ON1C(=O)CCC1=O. The minimum absolute atomic E-state index is 0.00495. The number of nitrogens with zero attached hydrogens (tertiary/aromatic N) is 2. The topological polar surface area (TPSA) is 84.0 Å². The summed E-state index contributed by atoms with van der Waals surface area (Å²) in [4.78, 5) is 54.7. The van der Waals surface area contributed by atoms with Crippen LogP contribution in [0.15, 0.2) is 48.5 Å². The Morgan fingerprint density at radius 2 is 1.52 bits per heavy atom. The lowest BCUT2D eigenvalue weighted by atomic mass is 10.0. The van der Waals surface area contributed by atoms with Gasteiger partial charge in [-0.15, -0.1) is 5.06 Å². The first-order valence-electron chi connectivity index (χ1n) is 9.09. The molecule has 144 valence electrons. The van der Waals surface area contributed by atoms with Gasteiger partial charge < -0.3 is 9.74 Å². The highest BCUT2D eigenvalue weighted by molar-refractivity contribution is 6.06. The van der Waals surface area contributed by atoms with E-state index in [9.17, 15) is 19.2 Å². The molecule has 0 radical (unpaired) electrons. The van der Waals surface area contributed by atoms with E-state index >= 15 is 0 Å². The fourth-order valence-corrected chi connectivity index (χ4v) is 3.22. The van der Waals surface area contributed by atoms with E-state index in [0.717, 1.165) is 11.1 Å². The third-order valence-corrected chi connectivity index (χ3v) is 4.67. The molecule has 0 bridgehead atoms. The van der Waals surface area contributed by atoms with E-state index in [0.29, 0.717) is 16.3 Å². The smallest absolute Gasteiger partial charge is 0.330 e. The molecule has 4 rings (SSSR count). The van der Waals surface area contributed by atoms with Gasteiger partial charge in [-0.2, -0.15) is 0 Å². The molecule has 2 aromatic carbocycles. The van der Waals surface area contributed by atoms with Crippen molar-refractivity contribution in [2.75, 3.05) is 4.90 Å². The molecule has 1 saturated heterocycles. The minimum Gasteiger partial charge on any atom is -0.330 e. The Balaban J connectivity index is 1.59. The Bertz CT molecular complexity index is 1080. The van der Waals surface area contributed by atoms with Gasteiger partial charge in [0, 0.05) is 24.0 Å². The Labute approximate surface area is 166 Å². The van der Waals surface area contributed by atoms with Crippen molar-refractivity contribution in [2.24, 2.45) is 0 Å². The molecule has 1 fully saturated rings. The van der Waals surface area contributed by atoms with E-state index in [1.54, 1.807) is 18.2 Å². The van der Waals surface area contributed by atoms with Gasteiger partial charge in [0.1, 0.15) is 6.42 Å². The highest BCUT2D eigenvalue weighted by atomic mass is 16.7. The number of hydrogen-bond donors (Lipinski definition) is 0. The first kappa shape index (κ1) is 18.4. The monoisotopic (exact) mass is 388 g/mol. The summed E-state index contributed by atoms with van der Waals surface area (Å²) < 4.78 is 0. The van der Waals surface area contributed by atoms with E-state index < -0.39 is 30.1 Å². The van der Waals surface area contributed by atoms with Gasteiger partial charge in [-0.3, -0.25) is 14.4 Å². The van der Waals surface area contributed by atoms with Crippen LogP contribution in [-0.2, 0) is 30.6 Å². The molecule has 0 aliphatic carbocycles. The van der Waals surface area contributed by atoms with Crippen LogP contribution in [0.25, 0.3) is 0 Å². The number of amides is 3. The zero-order valence-corrected chi connectivity index (χ0v) is 15.4. The van der Waals surface area contributed by atoms with Gasteiger partial charge >= 0.3 is 5.97 Å². The van der Waals surface area contributed by atoms with E-state index in [4.69, 9.17) is 4.84 Å². The van der Waals surface area contributed by atoms with E-state index in [1.807, 2.05) is 30.3 Å². The van der Waals surface area contributed by atoms with Gasteiger partial charge in [0.25, 0.3) is 11.8 Å². The molecule has 7 heteroatoms. The van der Waals surface area contributed by atoms with Crippen LogP contribution in [0.3, 0.4) is 0 Å². The van der Waals surface area contributed by atoms with Crippen molar-refractivity contribution in [3.8, 4) is 11.8 Å². The minimum atomic E-state index is -0.961. The molecule has 0 saturated carbocycles. The van der Waals surface area contributed by atoms with Crippen molar-refractivity contribution >= 4 is 29.4 Å². The van der Waals surface area contributed by atoms with Gasteiger partial charge in [0.2, 0.25) is 5.91 Å². The van der Waals surface area contributed by atoms with Crippen LogP contribution in [0.2, 0.25) is 0 Å². The van der Waals surface area contributed by atoms with Crippen LogP contribution in [0.4, 0.5) is 5.69 Å². The van der Waals surface area contributed by atoms with Crippen molar-refractivity contribution in [3.63, 3.8) is 0 Å². The first-order chi connectivity index (χ1) is 14.0. The first-order valence-corrected chi connectivity index (χ1v) is 9.09. The summed E-state index contributed by atoms with van der Waals surface area (Å²) in [5, 5.41) is 0.442. The van der Waals surface area contributed by atoms with Crippen LogP contribution in [0.1, 0.15) is 36.0 Å². The van der Waals surface area contributed by atoms with Gasteiger partial charge in [-0.1, -0.05) is 42.2 Å². The predicted octanol–water partition coefficient (Wildman–Crippen LogP) is 1.93. The number of imide groups is 1. The summed E-state index contributed by atoms with van der Waals surface area (Å²) >= 11 is 0. The molecule has 2 aromatic rings. The fraction of sp³-hybridized carbons (Fsp3) is 0.182. The standard InChI is InChI=1S/C22H16N2O5/c25-19-11-12-20(26)24(19)29-22(28)13-21(27)23-14-17-7-2-1-5-15(17)9-10-16-6-3-4-8-18(16)23/h1-8H,11-14H2. The molecular formula is C22H16N2O5. The zero-order valence-electron chi connectivity index (χ0n) is 15.4. The molecule has 29 heavy (non-hydrogen) atoms. The maximum absolute atomic E-state index is 13.0. The quantitative estimate of drug-likeness (QED) is 0.456. The summed E-state index contributed by atoms with van der Waals surface area (Å²) in [6.45, 7) is 0.232. The summed E-state index contributed by atoms with van der Waals surface area (Å²) in [5.41, 5.74) is 2.89. The Morgan fingerprint density at radius 1 is 0.897 bits per heavy atom. The van der Waals surface area contributed by atoms with E-state index in [2.05, 4.69) is 11.8 Å². The van der Waals surface area contributed by atoms with Crippen LogP contribution in [-0.4, -0.2) is 28.8 Å². The number of carbonyl (C=O) groups excluding carboxylic acids is 4. The third-order valence-electron chi connectivity index (χ3n) is 4.67. The molecule has 2 aliphatic rings. The number of hydrogen-bond acceptors (Lipinski definition) is 5. The highest BCUT2D eigenvalue weighted by Gasteiger charge is 2.34. The largest absolute Gasteiger partial charge is 0.342 e. The van der Waals surface area contributed by atoms with Gasteiger partial charge in [-0.25, -0.2) is 4.79 Å². The number of carbonyl (C=O) groups is 4. The third kappa shape index (κ3) is 3.73. The second kappa shape index (κ2) is 7.60. The van der Waals surface area contributed by atoms with Crippen molar-refractivity contribution in [3.05, 3.63) is 65.2 Å². The van der Waals surface area contributed by atoms with Crippen LogP contribution in [0, 0.1) is 11.8 Å². The summed E-state index contributed by atoms with van der Waals surface area (Å²) in [6.07, 6.45) is -0.620. The van der Waals surface area contributed by atoms with Crippen molar-refractivity contribution in [1.82, 2.24) is 5.06 Å². The fourth-order valence-electron chi connectivity index (χ4n) is 3.22. The highest BCUT2D eigenvalue weighted by Crippen LogP contribution is 2.26. The van der Waals surface area contributed by atoms with Crippen molar-refractivity contribution in [1.29, 1.82) is 0 Å². The van der Waals surface area contributed by atoms with Gasteiger partial charge in [0.15, 0.2) is 0 Å². The number of rotatable bonds is 3. The van der Waals surface area contributed by atoms with E-state index in [1.165, 1.54) is 4.90 Å². The molecule has 0 N–H and O–H groups in total. The maximum Gasteiger partial charge on any atom is 0.342 e. The Kier molecular flexibility index (Phi) is 4.83. The second-order valence-corrected chi connectivity index (χ2v) is 6.63. The number of anilines is 1. The van der Waals surface area contributed by atoms with Gasteiger partial charge in [0.05, 0.1) is 12.2 Å². The molecule has 7 nitrogen and oxygen atoms in total. The number of fused-ring (bicyclic) bond motifs is 2. The zero-order chi connectivity index (χ0) is 20.4. The predicted molar refractivity (Wildman–Crippen MR) is 102 cm³/mol. The Morgan fingerprint density at radius 3 is 2.28 bits per heavy atom. The molecule has 0 unspecified atom stereocenters. The normalized spacial score (nSPS) is 14.9. The Hall–Kier alpha value is -3.92. The lowest BCUT2D eigenvalue weighted by Crippen LogP contribution is -2.37. The van der Waals surface area contributed by atoms with Gasteiger partial charge in [-0.05, 0) is 23.8 Å². The van der Waals surface area contributed by atoms with E-state index in [-0.39, 0.29) is 19.4 Å². The average Bonchev–Trinajstić information content (AvgIpc) is 3.01. The molecule has 0 atom stereocenters. The lowest BCUT2D eigenvalue weighted by Gasteiger charge is -2.25. The molecule has 2 aliphatic heterocycles. The molecule has 0 aromatic heterocycles. The number of para-hydroxylation sites is 1. The van der Waals surface area contributed by atoms with Crippen molar-refractivity contribution < 1.29 is 24.0 Å². The number of benzene rings is 2. The number of hydroxylamine groups is 2. The van der Waals surface area contributed by atoms with Crippen LogP contribution in [0.5, 0.6) is 0 Å². The molecule has 0 spiro atoms. The van der Waals surface area contributed by atoms with Crippen molar-refractivity contribution in [2.45, 2.75) is 25.8 Å². The molecule has 2 heterocycles. The second-order valence-electron chi connectivity index (χ2n) is 6.63.